The molecule has 8 heteroatoms. The summed E-state index contributed by atoms with van der Waals surface area (Å²) in [6, 6.07) is 1.79. The van der Waals surface area contributed by atoms with Crippen molar-refractivity contribution in [2.75, 3.05) is 0 Å². The zero-order chi connectivity index (χ0) is 14.1. The van der Waals surface area contributed by atoms with Crippen LogP contribution in [-0.4, -0.2) is 25.9 Å². The molecule has 2 aromatic heterocycles. The molecular formula is C12H14N4O4. The minimum Gasteiger partial charge on any atom is -0.457 e. The number of carbonyl (C=O) groups excluding carboxylic acids is 1. The van der Waals surface area contributed by atoms with Crippen molar-refractivity contribution in [1.82, 2.24) is 19.9 Å². The topological polar surface area (TPSA) is 103 Å². The van der Waals surface area contributed by atoms with Gasteiger partial charge < -0.3 is 9.26 Å². The van der Waals surface area contributed by atoms with Crippen molar-refractivity contribution in [1.29, 1.82) is 0 Å². The van der Waals surface area contributed by atoms with Crippen molar-refractivity contribution in [3.8, 4) is 0 Å². The number of aromatic amines is 1. The van der Waals surface area contributed by atoms with Gasteiger partial charge in [0.1, 0.15) is 12.2 Å². The van der Waals surface area contributed by atoms with Gasteiger partial charge in [-0.3, -0.25) is 9.78 Å². The zero-order valence-electron chi connectivity index (χ0n) is 11.0. The molecule has 1 saturated carbocycles. The molecule has 0 aromatic carbocycles. The maximum atomic E-state index is 11.6. The number of ether oxygens (including phenoxy) is 1. The molecule has 0 radical (unpaired) electrons. The van der Waals surface area contributed by atoms with Crippen molar-refractivity contribution in [3.05, 3.63) is 33.8 Å². The number of hydrogen-bond acceptors (Lipinski definition) is 6. The first-order chi connectivity index (χ1) is 9.61. The third-order valence-corrected chi connectivity index (χ3v) is 3.08. The lowest BCUT2D eigenvalue weighted by molar-refractivity contribution is -0.144. The average Bonchev–Trinajstić information content (AvgIpc) is 3.08. The van der Waals surface area contributed by atoms with Gasteiger partial charge in [0.15, 0.2) is 12.4 Å². The lowest BCUT2D eigenvalue weighted by atomic mass is 10.2. The summed E-state index contributed by atoms with van der Waals surface area (Å²) in [5.74, 6) is 0.839. The van der Waals surface area contributed by atoms with E-state index in [-0.39, 0.29) is 18.7 Å². The highest BCUT2D eigenvalue weighted by molar-refractivity contribution is 5.71. The van der Waals surface area contributed by atoms with Crippen LogP contribution in [0.2, 0.25) is 0 Å². The second-order valence-corrected chi connectivity index (χ2v) is 4.83. The number of hydrogen-bond donors (Lipinski definition) is 1. The predicted molar refractivity (Wildman–Crippen MR) is 65.8 cm³/mol. The van der Waals surface area contributed by atoms with E-state index in [9.17, 15) is 9.59 Å². The fourth-order valence-electron chi connectivity index (χ4n) is 1.85. The number of nitrogens with zero attached hydrogens (tertiary/aromatic N) is 3. The van der Waals surface area contributed by atoms with Gasteiger partial charge >= 0.3 is 11.7 Å². The molecule has 0 unspecified atom stereocenters. The van der Waals surface area contributed by atoms with Crippen molar-refractivity contribution < 1.29 is 14.1 Å². The Morgan fingerprint density at radius 3 is 3.05 bits per heavy atom. The molecule has 0 amide bonds. The maximum absolute atomic E-state index is 11.6. The Bertz CT molecular complexity index is 680. The highest BCUT2D eigenvalue weighted by Gasteiger charge is 2.27. The van der Waals surface area contributed by atoms with Crippen LogP contribution in [0.15, 0.2) is 15.4 Å². The first kappa shape index (κ1) is 12.6. The molecule has 0 aliphatic heterocycles. The molecule has 20 heavy (non-hydrogen) atoms. The molecule has 3 rings (SSSR count). The summed E-state index contributed by atoms with van der Waals surface area (Å²) in [5, 5.41) is 7.78. The van der Waals surface area contributed by atoms with Crippen LogP contribution in [-0.2, 0) is 29.6 Å². The number of nitrogens with one attached hydrogen (secondary N) is 1. The number of esters is 1. The number of rotatable bonds is 5. The molecule has 1 N–H and O–H groups in total. The van der Waals surface area contributed by atoms with Gasteiger partial charge in [-0.2, -0.15) is 5.10 Å². The van der Waals surface area contributed by atoms with Gasteiger partial charge in [0.2, 0.25) is 0 Å². The Morgan fingerprint density at radius 2 is 2.40 bits per heavy atom. The molecule has 1 fully saturated rings. The van der Waals surface area contributed by atoms with Crippen molar-refractivity contribution >= 4 is 5.97 Å². The van der Waals surface area contributed by atoms with Crippen LogP contribution in [0, 0.1) is 0 Å². The van der Waals surface area contributed by atoms with Crippen LogP contribution in [0.1, 0.15) is 36.0 Å². The third kappa shape index (κ3) is 2.79. The molecule has 0 bridgehead atoms. The van der Waals surface area contributed by atoms with E-state index >= 15 is 0 Å². The molecule has 106 valence electrons. The average molecular weight is 278 g/mol. The van der Waals surface area contributed by atoms with E-state index in [0.29, 0.717) is 17.5 Å². The molecule has 2 heterocycles. The Kier molecular flexibility index (Phi) is 3.13. The summed E-state index contributed by atoms with van der Waals surface area (Å²) in [4.78, 5) is 25.2. The minimum atomic E-state index is -0.449. The summed E-state index contributed by atoms with van der Waals surface area (Å²) in [6.45, 7) is -0.0709. The Labute approximate surface area is 113 Å². The van der Waals surface area contributed by atoms with Crippen LogP contribution in [0.3, 0.4) is 0 Å². The zero-order valence-corrected chi connectivity index (χ0v) is 11.0. The highest BCUT2D eigenvalue weighted by Crippen LogP contribution is 2.39. The molecule has 2 aromatic rings. The molecule has 1 aliphatic carbocycles. The number of aromatic nitrogens is 4. The Balaban J connectivity index is 1.52. The first-order valence-corrected chi connectivity index (χ1v) is 6.35. The van der Waals surface area contributed by atoms with E-state index < -0.39 is 5.97 Å². The van der Waals surface area contributed by atoms with Gasteiger partial charge in [0.05, 0.1) is 5.69 Å². The standard InChI is InChI=1S/C12H14N4O4/c1-16-12(18)13-10(14-16)6-19-11(17)5-8-4-9(15-20-8)7-2-3-7/h4,7H,2-3,5-6H2,1H3,(H,13,14,18). The van der Waals surface area contributed by atoms with Gasteiger partial charge in [0.25, 0.3) is 0 Å². The second kappa shape index (κ2) is 4.95. The fourth-order valence-corrected chi connectivity index (χ4v) is 1.85. The van der Waals surface area contributed by atoms with Gasteiger partial charge in [-0.15, -0.1) is 0 Å². The second-order valence-electron chi connectivity index (χ2n) is 4.83. The van der Waals surface area contributed by atoms with Gasteiger partial charge in [-0.1, -0.05) is 5.16 Å². The lowest BCUT2D eigenvalue weighted by Crippen LogP contribution is -2.13. The van der Waals surface area contributed by atoms with E-state index in [0.717, 1.165) is 23.2 Å². The van der Waals surface area contributed by atoms with Crippen LogP contribution in [0.25, 0.3) is 0 Å². The largest absolute Gasteiger partial charge is 0.457 e. The monoisotopic (exact) mass is 278 g/mol. The van der Waals surface area contributed by atoms with Gasteiger partial charge in [-0.05, 0) is 12.8 Å². The van der Waals surface area contributed by atoms with Crippen LogP contribution >= 0.6 is 0 Å². The Hall–Kier alpha value is -2.38. The summed E-state index contributed by atoms with van der Waals surface area (Å²) >= 11 is 0. The van der Waals surface area contributed by atoms with Crippen molar-refractivity contribution in [2.24, 2.45) is 7.05 Å². The summed E-state index contributed by atoms with van der Waals surface area (Å²) in [5.41, 5.74) is 0.558. The minimum absolute atomic E-state index is 0.0246. The predicted octanol–water partition coefficient (Wildman–Crippen LogP) is 0.260. The molecule has 1 aliphatic rings. The first-order valence-electron chi connectivity index (χ1n) is 6.35. The number of carbonyl (C=O) groups is 1. The SMILES string of the molecule is Cn1nc(COC(=O)Cc2cc(C3CC3)no2)[nH]c1=O. The smallest absolute Gasteiger partial charge is 0.343 e. The molecule has 0 saturated heterocycles. The van der Waals surface area contributed by atoms with Crippen LogP contribution in [0.4, 0.5) is 0 Å². The fraction of sp³-hybridized carbons (Fsp3) is 0.500. The summed E-state index contributed by atoms with van der Waals surface area (Å²) in [7, 11) is 1.51. The maximum Gasteiger partial charge on any atom is 0.343 e. The van der Waals surface area contributed by atoms with Gasteiger partial charge in [-0.25, -0.2) is 9.48 Å². The van der Waals surface area contributed by atoms with Gasteiger partial charge in [0, 0.05) is 19.0 Å². The number of aryl methyl sites for hydroxylation is 1. The van der Waals surface area contributed by atoms with E-state index in [2.05, 4.69) is 15.2 Å². The molecule has 0 spiro atoms. The molecular weight excluding hydrogens is 264 g/mol. The van der Waals surface area contributed by atoms with Crippen molar-refractivity contribution in [2.45, 2.75) is 31.8 Å². The highest BCUT2D eigenvalue weighted by atomic mass is 16.5. The normalized spacial score (nSPS) is 14.4. The third-order valence-electron chi connectivity index (χ3n) is 3.08. The lowest BCUT2D eigenvalue weighted by Gasteiger charge is -1.99. The summed E-state index contributed by atoms with van der Waals surface area (Å²) in [6.07, 6.45) is 2.28. The van der Waals surface area contributed by atoms with E-state index in [1.807, 2.05) is 0 Å². The molecule has 0 atom stereocenters. The number of H-pyrrole nitrogens is 1. The molecule has 8 nitrogen and oxygen atoms in total. The van der Waals surface area contributed by atoms with E-state index in [4.69, 9.17) is 9.26 Å². The quantitative estimate of drug-likeness (QED) is 0.787. The van der Waals surface area contributed by atoms with E-state index in [1.54, 1.807) is 6.07 Å². The van der Waals surface area contributed by atoms with E-state index in [1.165, 1.54) is 7.05 Å². The summed E-state index contributed by atoms with van der Waals surface area (Å²) < 4.78 is 11.2. The van der Waals surface area contributed by atoms with Crippen molar-refractivity contribution in [3.63, 3.8) is 0 Å². The van der Waals surface area contributed by atoms with Crippen LogP contribution < -0.4 is 5.69 Å². The Morgan fingerprint density at radius 1 is 1.60 bits per heavy atom. The van der Waals surface area contributed by atoms with Crippen LogP contribution in [0.5, 0.6) is 0 Å².